The van der Waals surface area contributed by atoms with Crippen LogP contribution in [0.25, 0.3) is 0 Å². The minimum absolute atomic E-state index is 0.0476. The fourth-order valence-electron chi connectivity index (χ4n) is 1.14. The average Bonchev–Trinajstić information content (AvgIpc) is 2.30. The highest BCUT2D eigenvalue weighted by Gasteiger charge is 2.12. The molecule has 2 N–H and O–H groups in total. The van der Waals surface area contributed by atoms with E-state index in [0.29, 0.717) is 11.4 Å². The first-order valence-electron chi connectivity index (χ1n) is 4.85. The van der Waals surface area contributed by atoms with Gasteiger partial charge < -0.3 is 15.2 Å². The molecule has 0 spiro atoms. The van der Waals surface area contributed by atoms with E-state index in [0.717, 1.165) is 0 Å². The minimum atomic E-state index is -0.565. The number of ether oxygens (including phenoxy) is 2. The first-order valence-corrected chi connectivity index (χ1v) is 4.85. The maximum absolute atomic E-state index is 11.8. The highest BCUT2D eigenvalue weighted by Crippen LogP contribution is 2.20. The number of anilines is 1. The SMILES string of the molecule is COc1ccc(N)c(C(=O)OCCCF)c1. The Balaban J connectivity index is 2.73. The van der Waals surface area contributed by atoms with Gasteiger partial charge in [0.25, 0.3) is 0 Å². The number of nitrogen functional groups attached to an aromatic ring is 1. The summed E-state index contributed by atoms with van der Waals surface area (Å²) in [6, 6.07) is 4.70. The zero-order valence-corrected chi connectivity index (χ0v) is 9.03. The third-order valence-corrected chi connectivity index (χ3v) is 1.99. The number of alkyl halides is 1. The van der Waals surface area contributed by atoms with Crippen molar-refractivity contribution in [3.63, 3.8) is 0 Å². The van der Waals surface area contributed by atoms with E-state index >= 15 is 0 Å². The number of halogens is 1. The Labute approximate surface area is 93.2 Å². The standard InChI is InChI=1S/C11H14FNO3/c1-15-8-3-4-10(13)9(7-8)11(14)16-6-2-5-12/h3-4,7H,2,5-6,13H2,1H3. The van der Waals surface area contributed by atoms with Crippen LogP contribution in [0.5, 0.6) is 5.75 Å². The zero-order chi connectivity index (χ0) is 12.0. The van der Waals surface area contributed by atoms with Gasteiger partial charge in [0.15, 0.2) is 0 Å². The minimum Gasteiger partial charge on any atom is -0.497 e. The molecule has 0 aliphatic rings. The summed E-state index contributed by atoms with van der Waals surface area (Å²) < 4.78 is 21.6. The van der Waals surface area contributed by atoms with Crippen LogP contribution in [0.1, 0.15) is 16.8 Å². The van der Waals surface area contributed by atoms with E-state index in [1.54, 1.807) is 12.1 Å². The Morgan fingerprint density at radius 1 is 1.50 bits per heavy atom. The van der Waals surface area contributed by atoms with Crippen molar-refractivity contribution in [3.05, 3.63) is 23.8 Å². The monoisotopic (exact) mass is 227 g/mol. The number of esters is 1. The average molecular weight is 227 g/mol. The largest absolute Gasteiger partial charge is 0.497 e. The van der Waals surface area contributed by atoms with Crippen LogP contribution in [-0.4, -0.2) is 26.4 Å². The van der Waals surface area contributed by atoms with Gasteiger partial charge in [0, 0.05) is 12.1 Å². The van der Waals surface area contributed by atoms with E-state index in [1.807, 2.05) is 0 Å². The van der Waals surface area contributed by atoms with E-state index in [1.165, 1.54) is 13.2 Å². The molecule has 0 atom stereocenters. The van der Waals surface area contributed by atoms with Crippen LogP contribution >= 0.6 is 0 Å². The number of carbonyl (C=O) groups excluding carboxylic acids is 1. The summed E-state index contributed by atoms with van der Waals surface area (Å²) in [6.07, 6.45) is 0.190. The van der Waals surface area contributed by atoms with Crippen molar-refractivity contribution >= 4 is 11.7 Å². The van der Waals surface area contributed by atoms with Gasteiger partial charge in [-0.15, -0.1) is 0 Å². The number of rotatable bonds is 5. The number of carbonyl (C=O) groups is 1. The number of benzene rings is 1. The van der Waals surface area contributed by atoms with Gasteiger partial charge in [-0.1, -0.05) is 0 Å². The third-order valence-electron chi connectivity index (χ3n) is 1.99. The van der Waals surface area contributed by atoms with Gasteiger partial charge in [-0.3, -0.25) is 4.39 Å². The molecule has 1 aromatic rings. The highest BCUT2D eigenvalue weighted by atomic mass is 19.1. The maximum Gasteiger partial charge on any atom is 0.340 e. The summed E-state index contributed by atoms with van der Waals surface area (Å²) in [6.45, 7) is -0.465. The van der Waals surface area contributed by atoms with Crippen LogP contribution in [-0.2, 0) is 4.74 Å². The van der Waals surface area contributed by atoms with Crippen LogP contribution in [0.2, 0.25) is 0 Å². The molecule has 1 aromatic carbocycles. The molecular weight excluding hydrogens is 213 g/mol. The predicted molar refractivity (Wildman–Crippen MR) is 58.3 cm³/mol. The summed E-state index contributed by atoms with van der Waals surface area (Å²) >= 11 is 0. The van der Waals surface area contributed by atoms with E-state index in [2.05, 4.69) is 0 Å². The molecule has 0 amide bonds. The second-order valence-corrected chi connectivity index (χ2v) is 3.13. The van der Waals surface area contributed by atoms with Gasteiger partial charge >= 0.3 is 5.97 Å². The Bertz CT molecular complexity index is 368. The lowest BCUT2D eigenvalue weighted by molar-refractivity contribution is 0.0495. The lowest BCUT2D eigenvalue weighted by Crippen LogP contribution is -2.09. The van der Waals surface area contributed by atoms with Gasteiger partial charge in [-0.25, -0.2) is 4.79 Å². The molecular formula is C11H14FNO3. The molecule has 0 aliphatic heterocycles. The number of hydrogen-bond donors (Lipinski definition) is 1. The van der Waals surface area contributed by atoms with E-state index in [-0.39, 0.29) is 18.6 Å². The van der Waals surface area contributed by atoms with Crippen LogP contribution in [0.15, 0.2) is 18.2 Å². The Morgan fingerprint density at radius 2 is 2.25 bits per heavy atom. The molecule has 0 bridgehead atoms. The first-order chi connectivity index (χ1) is 7.69. The van der Waals surface area contributed by atoms with Gasteiger partial charge in [-0.05, 0) is 18.2 Å². The van der Waals surface area contributed by atoms with Crippen molar-refractivity contribution in [3.8, 4) is 5.75 Å². The topological polar surface area (TPSA) is 61.5 Å². The van der Waals surface area contributed by atoms with Crippen molar-refractivity contribution in [2.45, 2.75) is 6.42 Å². The van der Waals surface area contributed by atoms with Crippen molar-refractivity contribution in [1.82, 2.24) is 0 Å². The number of hydrogen-bond acceptors (Lipinski definition) is 4. The van der Waals surface area contributed by atoms with E-state index < -0.39 is 12.6 Å². The van der Waals surface area contributed by atoms with Crippen molar-refractivity contribution in [2.24, 2.45) is 0 Å². The first kappa shape index (κ1) is 12.3. The van der Waals surface area contributed by atoms with E-state index in [4.69, 9.17) is 15.2 Å². The molecule has 0 aliphatic carbocycles. The molecule has 0 aromatic heterocycles. The quantitative estimate of drug-likeness (QED) is 0.473. The maximum atomic E-state index is 11.8. The molecule has 5 heteroatoms. The molecule has 0 heterocycles. The van der Waals surface area contributed by atoms with Gasteiger partial charge in [0.2, 0.25) is 0 Å². The highest BCUT2D eigenvalue weighted by molar-refractivity contribution is 5.95. The smallest absolute Gasteiger partial charge is 0.340 e. The fraction of sp³-hybridized carbons (Fsp3) is 0.364. The molecule has 88 valence electrons. The summed E-state index contributed by atoms with van der Waals surface area (Å²) in [4.78, 5) is 11.5. The molecule has 0 fully saturated rings. The summed E-state index contributed by atoms with van der Waals surface area (Å²) in [5.74, 6) is -0.0449. The normalized spacial score (nSPS) is 9.88. The predicted octanol–water partition coefficient (Wildman–Crippen LogP) is 1.79. The Morgan fingerprint density at radius 3 is 2.88 bits per heavy atom. The van der Waals surface area contributed by atoms with Crippen LogP contribution in [0.4, 0.5) is 10.1 Å². The molecule has 1 rings (SSSR count). The van der Waals surface area contributed by atoms with E-state index in [9.17, 15) is 9.18 Å². The number of nitrogens with two attached hydrogens (primary N) is 1. The van der Waals surface area contributed by atoms with Crippen LogP contribution < -0.4 is 10.5 Å². The Hall–Kier alpha value is -1.78. The lowest BCUT2D eigenvalue weighted by Gasteiger charge is -2.07. The molecule has 4 nitrogen and oxygen atoms in total. The lowest BCUT2D eigenvalue weighted by atomic mass is 10.2. The summed E-state index contributed by atoms with van der Waals surface area (Å²) in [7, 11) is 1.49. The molecule has 16 heavy (non-hydrogen) atoms. The third kappa shape index (κ3) is 3.12. The van der Waals surface area contributed by atoms with Crippen molar-refractivity contribution in [1.29, 1.82) is 0 Å². The van der Waals surface area contributed by atoms with Gasteiger partial charge in [0.05, 0.1) is 26.0 Å². The van der Waals surface area contributed by atoms with Crippen LogP contribution in [0.3, 0.4) is 0 Å². The van der Waals surface area contributed by atoms with Crippen molar-refractivity contribution in [2.75, 3.05) is 26.1 Å². The van der Waals surface area contributed by atoms with Crippen LogP contribution in [0, 0.1) is 0 Å². The second-order valence-electron chi connectivity index (χ2n) is 3.13. The summed E-state index contributed by atoms with van der Waals surface area (Å²) in [5, 5.41) is 0. The van der Waals surface area contributed by atoms with Gasteiger partial charge in [-0.2, -0.15) is 0 Å². The molecule has 0 unspecified atom stereocenters. The Kier molecular flexibility index (Phi) is 4.57. The summed E-state index contributed by atoms with van der Waals surface area (Å²) in [5.41, 5.74) is 6.16. The number of methoxy groups -OCH3 is 1. The fourth-order valence-corrected chi connectivity index (χ4v) is 1.14. The van der Waals surface area contributed by atoms with Crippen molar-refractivity contribution < 1.29 is 18.7 Å². The molecule has 0 saturated heterocycles. The molecule has 0 saturated carbocycles. The second kappa shape index (κ2) is 5.95. The molecule has 0 radical (unpaired) electrons. The zero-order valence-electron chi connectivity index (χ0n) is 9.03. The van der Waals surface area contributed by atoms with Gasteiger partial charge in [0.1, 0.15) is 5.75 Å².